The van der Waals surface area contributed by atoms with Gasteiger partial charge in [0.15, 0.2) is 0 Å². The van der Waals surface area contributed by atoms with Gasteiger partial charge in [0.2, 0.25) is 11.8 Å². The molecule has 0 amide bonds. The summed E-state index contributed by atoms with van der Waals surface area (Å²) in [6, 6.07) is 0.271. The van der Waals surface area contributed by atoms with Crippen molar-refractivity contribution in [1.82, 2.24) is 15.5 Å². The van der Waals surface area contributed by atoms with Crippen LogP contribution >= 0.6 is 0 Å². The number of aryl methyl sites for hydroxylation is 1. The minimum Gasteiger partial charge on any atom is -0.424 e. The maximum absolute atomic E-state index is 8.98. The summed E-state index contributed by atoms with van der Waals surface area (Å²) < 4.78 is 5.36. The van der Waals surface area contributed by atoms with Gasteiger partial charge in [0.25, 0.3) is 0 Å². The van der Waals surface area contributed by atoms with Crippen LogP contribution in [-0.2, 0) is 0 Å². The van der Waals surface area contributed by atoms with Crippen LogP contribution in [0, 0.1) is 12.8 Å². The lowest BCUT2D eigenvalue weighted by Crippen LogP contribution is -2.36. The Morgan fingerprint density at radius 2 is 2.00 bits per heavy atom. The van der Waals surface area contributed by atoms with E-state index in [1.165, 1.54) is 0 Å². The van der Waals surface area contributed by atoms with Crippen LogP contribution in [-0.4, -0.2) is 28.0 Å². The summed E-state index contributed by atoms with van der Waals surface area (Å²) in [6.45, 7) is 8.19. The lowest BCUT2D eigenvalue weighted by Gasteiger charge is -2.24. The number of hydrogen-bond acceptors (Lipinski definition) is 5. The maximum Gasteiger partial charge on any atom is 0.233 e. The van der Waals surface area contributed by atoms with E-state index < -0.39 is 0 Å². The van der Waals surface area contributed by atoms with Crippen LogP contribution < -0.4 is 5.32 Å². The van der Waals surface area contributed by atoms with Crippen molar-refractivity contribution in [2.45, 2.75) is 46.2 Å². The minimum atomic E-state index is 0.0140. The number of hydrogen-bond donors (Lipinski definition) is 2. The zero-order valence-electron chi connectivity index (χ0n) is 10.4. The van der Waals surface area contributed by atoms with Crippen molar-refractivity contribution in [3.63, 3.8) is 0 Å². The van der Waals surface area contributed by atoms with Gasteiger partial charge in [-0.3, -0.25) is 0 Å². The Hall–Kier alpha value is -0.940. The van der Waals surface area contributed by atoms with Crippen LogP contribution in [0.3, 0.4) is 0 Å². The molecule has 92 valence electrons. The molecule has 0 saturated heterocycles. The van der Waals surface area contributed by atoms with E-state index in [9.17, 15) is 0 Å². The lowest BCUT2D eigenvalue weighted by molar-refractivity contribution is 0.230. The zero-order valence-corrected chi connectivity index (χ0v) is 10.4. The highest BCUT2D eigenvalue weighted by Gasteiger charge is 2.19. The maximum atomic E-state index is 8.98. The summed E-state index contributed by atoms with van der Waals surface area (Å²) >= 11 is 0. The quantitative estimate of drug-likeness (QED) is 0.769. The Kier molecular flexibility index (Phi) is 4.89. The van der Waals surface area contributed by atoms with Gasteiger partial charge >= 0.3 is 0 Å². The Morgan fingerprint density at radius 1 is 1.31 bits per heavy atom. The molecule has 5 heteroatoms. The minimum absolute atomic E-state index is 0.0140. The van der Waals surface area contributed by atoms with Crippen LogP contribution in [0.4, 0.5) is 0 Å². The average Bonchev–Trinajstić information content (AvgIpc) is 2.64. The summed E-state index contributed by atoms with van der Waals surface area (Å²) in [5.41, 5.74) is 0. The molecule has 0 aromatic carbocycles. The molecule has 2 atom stereocenters. The van der Waals surface area contributed by atoms with Crippen molar-refractivity contribution in [2.24, 2.45) is 5.92 Å². The van der Waals surface area contributed by atoms with E-state index in [1.54, 1.807) is 6.92 Å². The molecule has 16 heavy (non-hydrogen) atoms. The van der Waals surface area contributed by atoms with Gasteiger partial charge in [0, 0.05) is 19.6 Å². The van der Waals surface area contributed by atoms with E-state index in [0.717, 1.165) is 6.42 Å². The summed E-state index contributed by atoms with van der Waals surface area (Å²) in [7, 11) is 0. The fraction of sp³-hybridized carbons (Fsp3) is 0.818. The summed E-state index contributed by atoms with van der Waals surface area (Å²) in [6.07, 6.45) is 0.731. The van der Waals surface area contributed by atoms with Crippen molar-refractivity contribution >= 4 is 0 Å². The molecule has 0 fully saturated rings. The van der Waals surface area contributed by atoms with Crippen molar-refractivity contribution in [3.05, 3.63) is 11.8 Å². The van der Waals surface area contributed by atoms with Gasteiger partial charge in [-0.2, -0.15) is 0 Å². The Morgan fingerprint density at radius 3 is 2.44 bits per heavy atom. The van der Waals surface area contributed by atoms with E-state index in [1.807, 2.05) is 6.92 Å². The summed E-state index contributed by atoms with van der Waals surface area (Å²) in [5.74, 6) is 1.63. The van der Waals surface area contributed by atoms with Gasteiger partial charge in [0.05, 0.1) is 6.04 Å². The van der Waals surface area contributed by atoms with Gasteiger partial charge in [-0.1, -0.05) is 13.8 Å². The van der Waals surface area contributed by atoms with Crippen LogP contribution in [0.15, 0.2) is 4.42 Å². The molecule has 1 aromatic heterocycles. The van der Waals surface area contributed by atoms with Crippen LogP contribution in [0.25, 0.3) is 0 Å². The summed E-state index contributed by atoms with van der Waals surface area (Å²) in [5, 5.41) is 20.1. The first-order valence-electron chi connectivity index (χ1n) is 5.71. The molecule has 1 aromatic rings. The molecular formula is C11H21N3O2. The predicted octanol–water partition coefficient (Wildman–Crippen LogP) is 1.44. The predicted molar refractivity (Wildman–Crippen MR) is 60.9 cm³/mol. The standard InChI is InChI=1S/C11H21N3O2/c1-7(2)10(5-6-15)12-8(3)11-14-13-9(4)16-11/h7-8,10,12,15H,5-6H2,1-4H3/t8-,10-/m0/s1. The molecule has 0 aliphatic rings. The molecule has 0 unspecified atom stereocenters. The van der Waals surface area contributed by atoms with Crippen molar-refractivity contribution in [1.29, 1.82) is 0 Å². The Labute approximate surface area is 96.3 Å². The largest absolute Gasteiger partial charge is 0.424 e. The smallest absolute Gasteiger partial charge is 0.233 e. The van der Waals surface area contributed by atoms with Crippen LogP contribution in [0.2, 0.25) is 0 Å². The third kappa shape index (κ3) is 3.57. The van der Waals surface area contributed by atoms with E-state index >= 15 is 0 Å². The Bertz CT molecular complexity index is 312. The highest BCUT2D eigenvalue weighted by molar-refractivity contribution is 4.88. The van der Waals surface area contributed by atoms with Crippen molar-refractivity contribution < 1.29 is 9.52 Å². The first kappa shape index (κ1) is 13.1. The van der Waals surface area contributed by atoms with Gasteiger partial charge in [-0.15, -0.1) is 10.2 Å². The van der Waals surface area contributed by atoms with Gasteiger partial charge in [-0.05, 0) is 19.3 Å². The molecule has 1 heterocycles. The normalized spacial score (nSPS) is 15.4. The average molecular weight is 227 g/mol. The number of aromatic nitrogens is 2. The summed E-state index contributed by atoms with van der Waals surface area (Å²) in [4.78, 5) is 0. The number of nitrogens with zero attached hydrogens (tertiary/aromatic N) is 2. The van der Waals surface area contributed by atoms with Crippen LogP contribution in [0.5, 0.6) is 0 Å². The molecular weight excluding hydrogens is 206 g/mol. The van der Waals surface area contributed by atoms with E-state index in [4.69, 9.17) is 9.52 Å². The molecule has 0 aliphatic heterocycles. The molecule has 0 aliphatic carbocycles. The third-order valence-corrected chi connectivity index (χ3v) is 2.62. The monoisotopic (exact) mass is 227 g/mol. The van der Waals surface area contributed by atoms with E-state index in [-0.39, 0.29) is 18.7 Å². The highest BCUT2D eigenvalue weighted by atomic mass is 16.4. The Balaban J connectivity index is 2.57. The van der Waals surface area contributed by atoms with Gasteiger partial charge in [-0.25, -0.2) is 0 Å². The first-order valence-corrected chi connectivity index (χ1v) is 5.71. The molecule has 1 rings (SSSR count). The first-order chi connectivity index (χ1) is 7.54. The van der Waals surface area contributed by atoms with E-state index in [2.05, 4.69) is 29.4 Å². The second-order valence-electron chi connectivity index (χ2n) is 4.41. The third-order valence-electron chi connectivity index (χ3n) is 2.62. The molecule has 0 spiro atoms. The molecule has 2 N–H and O–H groups in total. The number of aliphatic hydroxyl groups excluding tert-OH is 1. The molecule has 0 bridgehead atoms. The molecule has 0 radical (unpaired) electrons. The van der Waals surface area contributed by atoms with Crippen molar-refractivity contribution in [2.75, 3.05) is 6.61 Å². The zero-order chi connectivity index (χ0) is 12.1. The van der Waals surface area contributed by atoms with Gasteiger partial charge in [0.1, 0.15) is 0 Å². The number of nitrogens with one attached hydrogen (secondary N) is 1. The van der Waals surface area contributed by atoms with Crippen molar-refractivity contribution in [3.8, 4) is 0 Å². The molecule has 0 saturated carbocycles. The second kappa shape index (κ2) is 5.96. The fourth-order valence-electron chi connectivity index (χ4n) is 1.63. The highest BCUT2D eigenvalue weighted by Crippen LogP contribution is 2.15. The lowest BCUT2D eigenvalue weighted by atomic mass is 10.0. The number of rotatable bonds is 6. The topological polar surface area (TPSA) is 71.2 Å². The van der Waals surface area contributed by atoms with Gasteiger partial charge < -0.3 is 14.8 Å². The second-order valence-corrected chi connectivity index (χ2v) is 4.41. The number of aliphatic hydroxyl groups is 1. The SMILES string of the molecule is Cc1nnc([C@H](C)N[C@@H](CCO)C(C)C)o1. The fourth-order valence-corrected chi connectivity index (χ4v) is 1.63. The van der Waals surface area contributed by atoms with E-state index in [0.29, 0.717) is 17.7 Å². The molecule has 5 nitrogen and oxygen atoms in total. The van der Waals surface area contributed by atoms with Crippen LogP contribution in [0.1, 0.15) is 45.0 Å².